The van der Waals surface area contributed by atoms with Crippen molar-refractivity contribution in [3.05, 3.63) is 44.0 Å². The van der Waals surface area contributed by atoms with E-state index in [1.165, 1.54) is 12.1 Å². The summed E-state index contributed by atoms with van der Waals surface area (Å²) < 4.78 is 0. The summed E-state index contributed by atoms with van der Waals surface area (Å²) in [6.45, 7) is 4.94. The maximum absolute atomic E-state index is 11.1. The van der Waals surface area contributed by atoms with Crippen molar-refractivity contribution in [2.75, 3.05) is 19.6 Å². The van der Waals surface area contributed by atoms with Gasteiger partial charge in [0.2, 0.25) is 0 Å². The van der Waals surface area contributed by atoms with Gasteiger partial charge in [0, 0.05) is 37.3 Å². The molecule has 0 radical (unpaired) electrons. The lowest BCUT2D eigenvalue weighted by atomic mass is 10.1. The number of benzene rings is 1. The second-order valence-corrected chi connectivity index (χ2v) is 4.70. The third-order valence-electron chi connectivity index (χ3n) is 3.53. The minimum atomic E-state index is -0.621. The SMILES string of the molecule is CCN(Cc1ccc([N+](=O)[O-])cc1[N+](=O)[O-])C1CNC1. The second kappa shape index (κ2) is 5.93. The summed E-state index contributed by atoms with van der Waals surface area (Å²) in [5.74, 6) is 0. The van der Waals surface area contributed by atoms with Crippen LogP contribution in [0.1, 0.15) is 12.5 Å². The van der Waals surface area contributed by atoms with E-state index in [1.807, 2.05) is 6.92 Å². The van der Waals surface area contributed by atoms with Gasteiger partial charge in [-0.1, -0.05) is 6.92 Å². The fourth-order valence-electron chi connectivity index (χ4n) is 2.22. The normalized spacial score (nSPS) is 15.1. The van der Waals surface area contributed by atoms with Crippen LogP contribution >= 0.6 is 0 Å². The molecular formula is C12H16N4O4. The fourth-order valence-corrected chi connectivity index (χ4v) is 2.22. The molecule has 108 valence electrons. The van der Waals surface area contributed by atoms with Crippen molar-refractivity contribution < 1.29 is 9.85 Å². The van der Waals surface area contributed by atoms with Crippen molar-refractivity contribution >= 4 is 11.4 Å². The maximum atomic E-state index is 11.1. The van der Waals surface area contributed by atoms with E-state index in [0.717, 1.165) is 25.7 Å². The zero-order valence-electron chi connectivity index (χ0n) is 11.1. The van der Waals surface area contributed by atoms with Crippen LogP contribution in [0.4, 0.5) is 11.4 Å². The number of nitro groups is 2. The van der Waals surface area contributed by atoms with Crippen LogP contribution < -0.4 is 5.32 Å². The third kappa shape index (κ3) is 2.91. The molecule has 2 rings (SSSR count). The summed E-state index contributed by atoms with van der Waals surface area (Å²) in [6.07, 6.45) is 0. The molecule has 8 nitrogen and oxygen atoms in total. The van der Waals surface area contributed by atoms with E-state index in [-0.39, 0.29) is 11.4 Å². The first-order valence-corrected chi connectivity index (χ1v) is 6.39. The van der Waals surface area contributed by atoms with Gasteiger partial charge in [-0.3, -0.25) is 25.1 Å². The standard InChI is InChI=1S/C12H16N4O4/c1-2-14(11-6-13-7-11)8-9-3-4-10(15(17)18)5-12(9)16(19)20/h3-5,11,13H,2,6-8H2,1H3. The van der Waals surface area contributed by atoms with Crippen LogP contribution in [0.15, 0.2) is 18.2 Å². The molecule has 0 aromatic heterocycles. The van der Waals surface area contributed by atoms with Gasteiger partial charge < -0.3 is 5.32 Å². The van der Waals surface area contributed by atoms with Gasteiger partial charge >= 0.3 is 0 Å². The van der Waals surface area contributed by atoms with Crippen molar-refractivity contribution in [1.29, 1.82) is 0 Å². The zero-order valence-corrected chi connectivity index (χ0v) is 11.1. The van der Waals surface area contributed by atoms with Crippen LogP contribution in [-0.4, -0.2) is 40.4 Å². The van der Waals surface area contributed by atoms with Crippen molar-refractivity contribution in [2.45, 2.75) is 19.5 Å². The quantitative estimate of drug-likeness (QED) is 0.622. The Morgan fingerprint density at radius 2 is 2.00 bits per heavy atom. The first kappa shape index (κ1) is 14.4. The van der Waals surface area contributed by atoms with E-state index in [4.69, 9.17) is 0 Å². The lowest BCUT2D eigenvalue weighted by molar-refractivity contribution is -0.394. The van der Waals surface area contributed by atoms with E-state index in [2.05, 4.69) is 10.2 Å². The van der Waals surface area contributed by atoms with Gasteiger partial charge in [0.25, 0.3) is 11.4 Å². The Labute approximate surface area is 115 Å². The van der Waals surface area contributed by atoms with Crippen LogP contribution in [0.3, 0.4) is 0 Å². The summed E-state index contributed by atoms with van der Waals surface area (Å²) in [7, 11) is 0. The average molecular weight is 280 g/mol. The van der Waals surface area contributed by atoms with Crippen molar-refractivity contribution in [3.63, 3.8) is 0 Å². The molecule has 1 aliphatic rings. The molecule has 1 heterocycles. The summed E-state index contributed by atoms with van der Waals surface area (Å²) >= 11 is 0. The second-order valence-electron chi connectivity index (χ2n) is 4.70. The predicted octanol–water partition coefficient (Wildman–Crippen LogP) is 1.30. The van der Waals surface area contributed by atoms with Crippen molar-refractivity contribution in [2.24, 2.45) is 0 Å². The monoisotopic (exact) mass is 280 g/mol. The van der Waals surface area contributed by atoms with Gasteiger partial charge in [-0.2, -0.15) is 0 Å². The van der Waals surface area contributed by atoms with Crippen LogP contribution in [0.2, 0.25) is 0 Å². The molecule has 0 aliphatic carbocycles. The van der Waals surface area contributed by atoms with Crippen molar-refractivity contribution in [3.8, 4) is 0 Å². The molecule has 0 amide bonds. The highest BCUT2D eigenvalue weighted by Crippen LogP contribution is 2.26. The molecule has 1 saturated heterocycles. The van der Waals surface area contributed by atoms with Crippen LogP contribution in [0.5, 0.6) is 0 Å². The largest absolute Gasteiger partial charge is 0.314 e. The molecule has 1 aromatic carbocycles. The van der Waals surface area contributed by atoms with E-state index in [1.54, 1.807) is 0 Å². The molecular weight excluding hydrogens is 264 g/mol. The third-order valence-corrected chi connectivity index (χ3v) is 3.53. The number of non-ortho nitro benzene ring substituents is 1. The van der Waals surface area contributed by atoms with Crippen molar-refractivity contribution in [1.82, 2.24) is 10.2 Å². The number of likely N-dealkylation sites (N-methyl/N-ethyl adjacent to an activating group) is 1. The molecule has 0 spiro atoms. The molecule has 20 heavy (non-hydrogen) atoms. The van der Waals surface area contributed by atoms with Crippen LogP contribution in [0, 0.1) is 20.2 Å². The Bertz CT molecular complexity index is 530. The number of nitro benzene ring substituents is 2. The molecule has 1 fully saturated rings. The first-order chi connectivity index (χ1) is 9.52. The van der Waals surface area contributed by atoms with Gasteiger partial charge in [-0.05, 0) is 12.6 Å². The number of nitrogens with one attached hydrogen (secondary N) is 1. The van der Waals surface area contributed by atoms with Gasteiger partial charge in [-0.25, -0.2) is 0 Å². The Balaban J connectivity index is 2.25. The van der Waals surface area contributed by atoms with Crippen LogP contribution in [-0.2, 0) is 6.54 Å². The van der Waals surface area contributed by atoms with E-state index >= 15 is 0 Å². The minimum Gasteiger partial charge on any atom is -0.314 e. The van der Waals surface area contributed by atoms with Gasteiger partial charge in [0.05, 0.1) is 15.9 Å². The summed E-state index contributed by atoms with van der Waals surface area (Å²) in [4.78, 5) is 22.7. The fraction of sp³-hybridized carbons (Fsp3) is 0.500. The van der Waals surface area contributed by atoms with E-state index in [9.17, 15) is 20.2 Å². The van der Waals surface area contributed by atoms with Gasteiger partial charge in [0.1, 0.15) is 0 Å². The van der Waals surface area contributed by atoms with Gasteiger partial charge in [-0.15, -0.1) is 0 Å². The van der Waals surface area contributed by atoms with E-state index < -0.39 is 9.85 Å². The lowest BCUT2D eigenvalue weighted by Crippen LogP contribution is -2.56. The Kier molecular flexibility index (Phi) is 4.26. The van der Waals surface area contributed by atoms with Crippen LogP contribution in [0.25, 0.3) is 0 Å². The zero-order chi connectivity index (χ0) is 14.7. The minimum absolute atomic E-state index is 0.190. The number of hydrogen-bond donors (Lipinski definition) is 1. The Hall–Kier alpha value is -2.06. The Morgan fingerprint density at radius 1 is 1.30 bits per heavy atom. The Morgan fingerprint density at radius 3 is 2.45 bits per heavy atom. The highest BCUT2D eigenvalue weighted by atomic mass is 16.6. The van der Waals surface area contributed by atoms with Gasteiger partial charge in [0.15, 0.2) is 0 Å². The highest BCUT2D eigenvalue weighted by molar-refractivity contribution is 5.49. The maximum Gasteiger partial charge on any atom is 0.280 e. The molecule has 1 N–H and O–H groups in total. The molecule has 0 atom stereocenters. The topological polar surface area (TPSA) is 102 Å². The molecule has 1 aliphatic heterocycles. The summed E-state index contributed by atoms with van der Waals surface area (Å²) in [5, 5.41) is 24.9. The highest BCUT2D eigenvalue weighted by Gasteiger charge is 2.26. The smallest absolute Gasteiger partial charge is 0.280 e. The lowest BCUT2D eigenvalue weighted by Gasteiger charge is -2.37. The first-order valence-electron chi connectivity index (χ1n) is 6.39. The average Bonchev–Trinajstić information content (AvgIpc) is 2.35. The molecule has 0 saturated carbocycles. The molecule has 1 aromatic rings. The molecule has 8 heteroatoms. The number of rotatable bonds is 6. The predicted molar refractivity (Wildman–Crippen MR) is 72.5 cm³/mol. The number of nitrogens with zero attached hydrogens (tertiary/aromatic N) is 3. The summed E-state index contributed by atoms with van der Waals surface area (Å²) in [6, 6.07) is 4.19. The number of hydrogen-bond acceptors (Lipinski definition) is 6. The van der Waals surface area contributed by atoms with E-state index in [0.29, 0.717) is 18.2 Å². The summed E-state index contributed by atoms with van der Waals surface area (Å²) in [5.41, 5.74) is 0.0630. The molecule has 0 bridgehead atoms. The molecule has 0 unspecified atom stereocenters.